The summed E-state index contributed by atoms with van der Waals surface area (Å²) in [5, 5.41) is -0.667. The van der Waals surface area contributed by atoms with Crippen LogP contribution in [-0.2, 0) is 9.84 Å². The SMILES string of the molecule is C[Si](C)(C)C[C@H](CC(=O)c1ccccc1)S(=O)(=O)c1ccccc1. The molecule has 0 unspecified atom stereocenters. The highest BCUT2D eigenvalue weighted by molar-refractivity contribution is 7.92. The van der Waals surface area contributed by atoms with Crippen LogP contribution in [0.4, 0.5) is 0 Å². The van der Waals surface area contributed by atoms with E-state index in [1.54, 1.807) is 54.6 Å². The quantitative estimate of drug-likeness (QED) is 0.542. The maximum atomic E-state index is 13.0. The maximum Gasteiger partial charge on any atom is 0.181 e. The molecule has 0 aromatic heterocycles. The van der Waals surface area contributed by atoms with Gasteiger partial charge in [-0.1, -0.05) is 68.2 Å². The molecule has 5 heteroatoms. The molecule has 0 aliphatic rings. The maximum absolute atomic E-state index is 13.0. The lowest BCUT2D eigenvalue weighted by molar-refractivity contribution is 0.0982. The van der Waals surface area contributed by atoms with Crippen LogP contribution in [0.3, 0.4) is 0 Å². The molecule has 0 saturated heterocycles. The van der Waals surface area contributed by atoms with Crippen molar-refractivity contribution in [1.29, 1.82) is 0 Å². The first-order valence-electron chi connectivity index (χ1n) is 8.07. The van der Waals surface area contributed by atoms with Gasteiger partial charge in [0.25, 0.3) is 0 Å². The van der Waals surface area contributed by atoms with Gasteiger partial charge in [-0.2, -0.15) is 0 Å². The smallest absolute Gasteiger partial charge is 0.181 e. The molecular weight excluding hydrogens is 336 g/mol. The van der Waals surface area contributed by atoms with Gasteiger partial charge >= 0.3 is 0 Å². The van der Waals surface area contributed by atoms with Gasteiger partial charge in [-0.05, 0) is 18.2 Å². The molecule has 0 N–H and O–H groups in total. The summed E-state index contributed by atoms with van der Waals surface area (Å²) in [6.07, 6.45) is 0.0332. The van der Waals surface area contributed by atoms with E-state index in [-0.39, 0.29) is 12.2 Å². The number of benzene rings is 2. The highest BCUT2D eigenvalue weighted by Gasteiger charge is 2.33. The third-order valence-electron chi connectivity index (χ3n) is 3.86. The number of hydrogen-bond donors (Lipinski definition) is 0. The number of hydrogen-bond acceptors (Lipinski definition) is 3. The Morgan fingerprint density at radius 2 is 1.42 bits per heavy atom. The lowest BCUT2D eigenvalue weighted by Gasteiger charge is -2.24. The molecule has 0 saturated carbocycles. The highest BCUT2D eigenvalue weighted by Crippen LogP contribution is 2.27. The minimum Gasteiger partial charge on any atom is -0.294 e. The first kappa shape index (κ1) is 18.6. The third-order valence-corrected chi connectivity index (χ3v) is 8.01. The largest absolute Gasteiger partial charge is 0.294 e. The minimum absolute atomic E-state index is 0.0332. The lowest BCUT2D eigenvalue weighted by atomic mass is 10.1. The van der Waals surface area contributed by atoms with Crippen molar-refractivity contribution in [1.82, 2.24) is 0 Å². The summed E-state index contributed by atoms with van der Waals surface area (Å²) in [6, 6.07) is 17.9. The predicted molar refractivity (Wildman–Crippen MR) is 101 cm³/mol. The first-order chi connectivity index (χ1) is 11.2. The standard InChI is InChI=1S/C19H24O3SSi/c1-24(2,3)15-18(14-19(20)16-10-6-4-7-11-16)23(21,22)17-12-8-5-9-13-17/h4-13,18H,14-15H2,1-3H3/t18-/m0/s1. The Bertz CT molecular complexity index is 778. The Balaban J connectivity index is 2.33. The van der Waals surface area contributed by atoms with Crippen molar-refractivity contribution in [2.75, 3.05) is 0 Å². The van der Waals surface area contributed by atoms with E-state index in [9.17, 15) is 13.2 Å². The number of sulfone groups is 1. The average molecular weight is 361 g/mol. The van der Waals surface area contributed by atoms with Crippen LogP contribution in [0.5, 0.6) is 0 Å². The summed E-state index contributed by atoms with van der Waals surface area (Å²) in [5.41, 5.74) is 0.571. The molecule has 0 spiro atoms. The van der Waals surface area contributed by atoms with Crippen molar-refractivity contribution in [3.8, 4) is 0 Å². The molecule has 24 heavy (non-hydrogen) atoms. The van der Waals surface area contributed by atoms with Gasteiger partial charge in [0.2, 0.25) is 0 Å². The number of ketones is 1. The lowest BCUT2D eigenvalue weighted by Crippen LogP contribution is -2.34. The van der Waals surface area contributed by atoms with Crippen molar-refractivity contribution in [2.24, 2.45) is 0 Å². The third kappa shape index (κ3) is 4.88. The molecule has 0 aliphatic carbocycles. The molecule has 0 radical (unpaired) electrons. The van der Waals surface area contributed by atoms with E-state index >= 15 is 0 Å². The van der Waals surface area contributed by atoms with Crippen LogP contribution in [0, 0.1) is 0 Å². The molecule has 0 bridgehead atoms. The molecule has 2 aromatic rings. The van der Waals surface area contributed by atoms with E-state index in [0.717, 1.165) is 0 Å². The molecular formula is C19H24O3SSi. The van der Waals surface area contributed by atoms with Crippen LogP contribution in [-0.4, -0.2) is 27.5 Å². The summed E-state index contributed by atoms with van der Waals surface area (Å²) >= 11 is 0. The van der Waals surface area contributed by atoms with Gasteiger partial charge in [0.1, 0.15) is 0 Å². The van der Waals surface area contributed by atoms with Crippen molar-refractivity contribution in [3.63, 3.8) is 0 Å². The highest BCUT2D eigenvalue weighted by atomic mass is 32.2. The monoisotopic (exact) mass is 360 g/mol. The zero-order valence-corrected chi connectivity index (χ0v) is 16.2. The number of carbonyl (C=O) groups is 1. The molecule has 1 atom stereocenters. The summed E-state index contributed by atoms with van der Waals surface area (Å²) in [4.78, 5) is 12.9. The van der Waals surface area contributed by atoms with Gasteiger partial charge in [-0.3, -0.25) is 4.79 Å². The average Bonchev–Trinajstić information content (AvgIpc) is 2.54. The second kappa shape index (κ2) is 7.45. The van der Waals surface area contributed by atoms with E-state index in [1.807, 2.05) is 6.07 Å². The van der Waals surface area contributed by atoms with Gasteiger partial charge in [0.15, 0.2) is 15.6 Å². The fourth-order valence-corrected chi connectivity index (χ4v) is 7.91. The summed E-state index contributed by atoms with van der Waals surface area (Å²) in [6.45, 7) is 6.40. The minimum atomic E-state index is -3.52. The molecule has 2 rings (SSSR count). The van der Waals surface area contributed by atoms with Gasteiger partial charge < -0.3 is 0 Å². The molecule has 0 fully saturated rings. The number of Topliss-reactive ketones (excluding diaryl/α,β-unsaturated/α-hetero) is 1. The predicted octanol–water partition coefficient (Wildman–Crippen LogP) is 4.44. The van der Waals surface area contributed by atoms with Crippen molar-refractivity contribution < 1.29 is 13.2 Å². The fourth-order valence-electron chi connectivity index (χ4n) is 2.73. The summed E-state index contributed by atoms with van der Waals surface area (Å²) in [5.74, 6) is -0.113. The van der Waals surface area contributed by atoms with Crippen LogP contribution < -0.4 is 0 Å². The number of carbonyl (C=O) groups excluding carboxylic acids is 1. The molecule has 0 aliphatic heterocycles. The van der Waals surface area contributed by atoms with Crippen molar-refractivity contribution in [3.05, 3.63) is 66.2 Å². The fraction of sp³-hybridized carbons (Fsp3) is 0.316. The van der Waals surface area contributed by atoms with Crippen LogP contribution in [0.2, 0.25) is 25.7 Å². The Morgan fingerprint density at radius 1 is 0.917 bits per heavy atom. The molecule has 2 aromatic carbocycles. The van der Waals surface area contributed by atoms with E-state index < -0.39 is 23.2 Å². The zero-order chi connectivity index (χ0) is 17.8. The molecule has 0 amide bonds. The second-order valence-electron chi connectivity index (χ2n) is 7.24. The Kier molecular flexibility index (Phi) is 5.77. The Hall–Kier alpha value is -1.72. The second-order valence-corrected chi connectivity index (χ2v) is 15.0. The van der Waals surface area contributed by atoms with Crippen LogP contribution in [0.15, 0.2) is 65.6 Å². The van der Waals surface area contributed by atoms with Crippen LogP contribution >= 0.6 is 0 Å². The normalized spacial score (nSPS) is 13.5. The van der Waals surface area contributed by atoms with Crippen LogP contribution in [0.1, 0.15) is 16.8 Å². The van der Waals surface area contributed by atoms with E-state index in [4.69, 9.17) is 0 Å². The zero-order valence-electron chi connectivity index (χ0n) is 14.4. The van der Waals surface area contributed by atoms with Gasteiger partial charge in [-0.25, -0.2) is 8.42 Å². The van der Waals surface area contributed by atoms with Crippen molar-refractivity contribution in [2.45, 2.75) is 42.3 Å². The van der Waals surface area contributed by atoms with E-state index in [1.165, 1.54) is 0 Å². The van der Waals surface area contributed by atoms with Gasteiger partial charge in [0.05, 0.1) is 10.1 Å². The summed E-state index contributed by atoms with van der Waals surface area (Å²) < 4.78 is 26.1. The van der Waals surface area contributed by atoms with E-state index in [0.29, 0.717) is 16.5 Å². The Labute approximate surface area is 145 Å². The van der Waals surface area contributed by atoms with E-state index in [2.05, 4.69) is 19.6 Å². The summed E-state index contributed by atoms with van der Waals surface area (Å²) in [7, 11) is -5.19. The molecule has 0 heterocycles. The first-order valence-corrected chi connectivity index (χ1v) is 13.3. The van der Waals surface area contributed by atoms with Gasteiger partial charge in [-0.15, -0.1) is 0 Å². The van der Waals surface area contributed by atoms with Crippen LogP contribution in [0.25, 0.3) is 0 Å². The van der Waals surface area contributed by atoms with Gasteiger partial charge in [0, 0.05) is 20.1 Å². The Morgan fingerprint density at radius 3 is 1.92 bits per heavy atom. The van der Waals surface area contributed by atoms with Crippen molar-refractivity contribution >= 4 is 23.7 Å². The number of rotatable bonds is 7. The topological polar surface area (TPSA) is 51.2 Å². The molecule has 3 nitrogen and oxygen atoms in total. The molecule has 128 valence electrons.